The average molecular weight is 204 g/mol. The van der Waals surface area contributed by atoms with Crippen molar-refractivity contribution in [2.45, 2.75) is 6.92 Å². The minimum absolute atomic E-state index is 0.0270. The van der Waals surface area contributed by atoms with E-state index >= 15 is 0 Å². The van der Waals surface area contributed by atoms with E-state index < -0.39 is 10.8 Å². The first-order valence-electron chi connectivity index (χ1n) is 3.90. The monoisotopic (exact) mass is 204 g/mol. The van der Waals surface area contributed by atoms with Crippen LogP contribution in [0.2, 0.25) is 0 Å². The molecule has 0 aromatic carbocycles. The fourth-order valence-electron chi connectivity index (χ4n) is 0.722. The smallest absolute Gasteiger partial charge is 0.316 e. The third-order valence-electron chi connectivity index (χ3n) is 1.37. The summed E-state index contributed by atoms with van der Waals surface area (Å²) >= 11 is 0. The van der Waals surface area contributed by atoms with Gasteiger partial charge in [-0.15, -0.1) is 0 Å². The lowest BCUT2D eigenvalue weighted by Gasteiger charge is -1.98. The van der Waals surface area contributed by atoms with Crippen molar-refractivity contribution in [1.29, 1.82) is 0 Å². The van der Waals surface area contributed by atoms with Crippen LogP contribution in [0.5, 0.6) is 0 Å². The molecule has 6 nitrogen and oxygen atoms in total. The molecule has 0 saturated heterocycles. The Hall–Kier alpha value is -1.11. The molecule has 0 fully saturated rings. The molecule has 1 aromatic rings. The molecular weight excluding hydrogens is 192 g/mol. The first-order valence-corrected chi connectivity index (χ1v) is 5.39. The summed E-state index contributed by atoms with van der Waals surface area (Å²) in [5.41, 5.74) is 5.20. The summed E-state index contributed by atoms with van der Waals surface area (Å²) in [5, 5.41) is 9.86. The van der Waals surface area contributed by atoms with Crippen LogP contribution in [0.15, 0.2) is 4.42 Å². The van der Waals surface area contributed by atoms with Crippen molar-refractivity contribution >= 4 is 22.8 Å². The molecule has 0 saturated carbocycles. The summed E-state index contributed by atoms with van der Waals surface area (Å²) in [7, 11) is -0.777. The summed E-state index contributed by atoms with van der Waals surface area (Å²) in [5.74, 6) is 1.23. The maximum absolute atomic E-state index is 11.0. The van der Waals surface area contributed by atoms with Gasteiger partial charge in [-0.2, -0.15) is 0 Å². The summed E-state index contributed by atoms with van der Waals surface area (Å²) in [6.45, 7) is 2.42. The van der Waals surface area contributed by atoms with Crippen LogP contribution in [0.3, 0.4) is 0 Å². The number of rotatable bonds is 5. The van der Waals surface area contributed by atoms with Crippen molar-refractivity contribution in [3.63, 3.8) is 0 Å². The molecule has 0 bridgehead atoms. The van der Waals surface area contributed by atoms with E-state index in [1.165, 1.54) is 0 Å². The van der Waals surface area contributed by atoms with Crippen LogP contribution < -0.4 is 11.1 Å². The van der Waals surface area contributed by atoms with Gasteiger partial charge in [-0.1, -0.05) is 17.1 Å². The Labute approximate surface area is 78.4 Å². The predicted octanol–water partition coefficient (Wildman–Crippen LogP) is -0.168. The quantitative estimate of drug-likeness (QED) is 0.691. The first kappa shape index (κ1) is 9.97. The third-order valence-corrected chi connectivity index (χ3v) is 2.67. The van der Waals surface area contributed by atoms with Crippen LogP contribution in [-0.4, -0.2) is 32.5 Å². The molecule has 1 atom stereocenters. The van der Waals surface area contributed by atoms with E-state index in [1.54, 1.807) is 0 Å². The van der Waals surface area contributed by atoms with Crippen LogP contribution in [-0.2, 0) is 10.8 Å². The van der Waals surface area contributed by atoms with E-state index in [9.17, 15) is 4.21 Å². The van der Waals surface area contributed by atoms with Gasteiger partial charge in [0.15, 0.2) is 0 Å². The van der Waals surface area contributed by atoms with E-state index in [2.05, 4.69) is 15.5 Å². The van der Waals surface area contributed by atoms with Crippen LogP contribution in [0.4, 0.5) is 12.0 Å². The van der Waals surface area contributed by atoms with Crippen molar-refractivity contribution in [1.82, 2.24) is 10.2 Å². The number of anilines is 2. The van der Waals surface area contributed by atoms with Crippen molar-refractivity contribution in [2.24, 2.45) is 0 Å². The second kappa shape index (κ2) is 4.80. The molecule has 0 radical (unpaired) electrons. The molecule has 0 amide bonds. The highest BCUT2D eigenvalue weighted by atomic mass is 32.2. The normalized spacial score (nSPS) is 12.7. The standard InChI is InChI=1S/C6H12N4O2S/c1-2-13(11)4-3-8-6-10-9-5(7)12-6/h2-4H2,1H3,(H2,7,9)(H,8,10). The second-order valence-corrected chi connectivity index (χ2v) is 4.17. The van der Waals surface area contributed by atoms with Gasteiger partial charge in [-0.25, -0.2) is 0 Å². The Morgan fingerprint density at radius 3 is 2.92 bits per heavy atom. The van der Waals surface area contributed by atoms with E-state index in [0.29, 0.717) is 18.1 Å². The van der Waals surface area contributed by atoms with Crippen LogP contribution in [0.25, 0.3) is 0 Å². The Kier molecular flexibility index (Phi) is 3.69. The Morgan fingerprint density at radius 1 is 1.62 bits per heavy atom. The molecule has 74 valence electrons. The molecular formula is C6H12N4O2S. The Morgan fingerprint density at radius 2 is 2.38 bits per heavy atom. The van der Waals surface area contributed by atoms with Gasteiger partial charge in [0.1, 0.15) is 0 Å². The number of nitrogens with one attached hydrogen (secondary N) is 1. The molecule has 0 aliphatic rings. The van der Waals surface area contributed by atoms with Gasteiger partial charge in [-0.05, 0) is 0 Å². The molecule has 1 aromatic heterocycles. The minimum Gasteiger partial charge on any atom is -0.390 e. The maximum Gasteiger partial charge on any atom is 0.316 e. The van der Waals surface area contributed by atoms with Crippen LogP contribution in [0.1, 0.15) is 6.92 Å². The molecule has 3 N–H and O–H groups in total. The van der Waals surface area contributed by atoms with Crippen molar-refractivity contribution in [3.05, 3.63) is 0 Å². The zero-order valence-electron chi connectivity index (χ0n) is 7.32. The van der Waals surface area contributed by atoms with Gasteiger partial charge in [0.2, 0.25) is 0 Å². The van der Waals surface area contributed by atoms with Crippen LogP contribution in [0, 0.1) is 0 Å². The zero-order chi connectivity index (χ0) is 9.68. The van der Waals surface area contributed by atoms with Crippen molar-refractivity contribution in [2.75, 3.05) is 29.1 Å². The number of hydrogen-bond acceptors (Lipinski definition) is 6. The van der Waals surface area contributed by atoms with Gasteiger partial charge >= 0.3 is 12.0 Å². The molecule has 0 aliphatic carbocycles. The summed E-state index contributed by atoms with van der Waals surface area (Å²) < 4.78 is 15.8. The van der Waals surface area contributed by atoms with Gasteiger partial charge in [0.05, 0.1) is 0 Å². The Balaban J connectivity index is 2.24. The molecule has 0 aliphatic heterocycles. The van der Waals surface area contributed by atoms with E-state index in [-0.39, 0.29) is 12.0 Å². The lowest BCUT2D eigenvalue weighted by Crippen LogP contribution is -2.12. The Bertz CT molecular complexity index is 288. The zero-order valence-corrected chi connectivity index (χ0v) is 8.13. The van der Waals surface area contributed by atoms with Gasteiger partial charge < -0.3 is 15.5 Å². The molecule has 1 rings (SSSR count). The van der Waals surface area contributed by atoms with Gasteiger partial charge in [0, 0.05) is 28.9 Å². The second-order valence-electron chi connectivity index (χ2n) is 2.30. The first-order chi connectivity index (χ1) is 6.22. The molecule has 13 heavy (non-hydrogen) atoms. The minimum atomic E-state index is -0.777. The summed E-state index contributed by atoms with van der Waals surface area (Å²) in [6, 6.07) is 0.296. The number of aromatic nitrogens is 2. The molecule has 1 unspecified atom stereocenters. The highest BCUT2D eigenvalue weighted by molar-refractivity contribution is 7.84. The predicted molar refractivity (Wildman–Crippen MR) is 50.8 cm³/mol. The number of nitrogens with zero attached hydrogens (tertiary/aromatic N) is 2. The van der Waals surface area contributed by atoms with Crippen molar-refractivity contribution < 1.29 is 8.63 Å². The fourth-order valence-corrected chi connectivity index (χ4v) is 1.34. The molecule has 1 heterocycles. The third kappa shape index (κ3) is 3.41. The summed E-state index contributed by atoms with van der Waals surface area (Å²) in [6.07, 6.45) is 0. The number of hydrogen-bond donors (Lipinski definition) is 2. The lowest BCUT2D eigenvalue weighted by molar-refractivity contribution is 0.588. The lowest BCUT2D eigenvalue weighted by atomic mass is 10.7. The number of nitrogens with two attached hydrogens (primary N) is 1. The maximum atomic E-state index is 11.0. The molecule has 7 heteroatoms. The largest absolute Gasteiger partial charge is 0.390 e. The number of nitrogen functional groups attached to an aromatic ring is 1. The SMILES string of the molecule is CCS(=O)CCNc1nnc(N)o1. The highest BCUT2D eigenvalue weighted by Gasteiger charge is 2.01. The van der Waals surface area contributed by atoms with Crippen molar-refractivity contribution in [3.8, 4) is 0 Å². The van der Waals surface area contributed by atoms with E-state index in [4.69, 9.17) is 10.2 Å². The van der Waals surface area contributed by atoms with E-state index in [0.717, 1.165) is 0 Å². The van der Waals surface area contributed by atoms with Crippen LogP contribution >= 0.6 is 0 Å². The van der Waals surface area contributed by atoms with Gasteiger partial charge in [0.25, 0.3) is 0 Å². The average Bonchev–Trinajstić information content (AvgIpc) is 2.51. The summed E-state index contributed by atoms with van der Waals surface area (Å²) in [4.78, 5) is 0. The highest BCUT2D eigenvalue weighted by Crippen LogP contribution is 2.04. The van der Waals surface area contributed by atoms with Gasteiger partial charge in [-0.3, -0.25) is 4.21 Å². The molecule has 0 spiro atoms. The topological polar surface area (TPSA) is 94.0 Å². The fraction of sp³-hybridized carbons (Fsp3) is 0.667. The van der Waals surface area contributed by atoms with E-state index in [1.807, 2.05) is 6.92 Å².